The summed E-state index contributed by atoms with van der Waals surface area (Å²) in [6, 6.07) is 14.1. The molecule has 2 bridgehead atoms. The van der Waals surface area contributed by atoms with E-state index in [1.54, 1.807) is 0 Å². The predicted molar refractivity (Wildman–Crippen MR) is 98.5 cm³/mol. The highest BCUT2D eigenvalue weighted by atomic mass is 16.5. The number of ether oxygens (including phenoxy) is 1. The lowest BCUT2D eigenvalue weighted by atomic mass is 9.55. The molecule has 1 atom stereocenters. The zero-order valence-electron chi connectivity index (χ0n) is 14.6. The molecule has 3 saturated heterocycles. The van der Waals surface area contributed by atoms with E-state index in [4.69, 9.17) is 4.74 Å². The molecular formula is C22H25NO2. The normalized spacial score (nSPS) is 30.0. The minimum atomic E-state index is -0.235. The third kappa shape index (κ3) is 2.40. The van der Waals surface area contributed by atoms with E-state index in [0.29, 0.717) is 11.8 Å². The Balaban J connectivity index is 1.44. The van der Waals surface area contributed by atoms with Crippen LogP contribution >= 0.6 is 0 Å². The number of piperidine rings is 3. The second-order valence-electron chi connectivity index (χ2n) is 8.12. The van der Waals surface area contributed by atoms with Crippen molar-refractivity contribution in [2.45, 2.75) is 32.1 Å². The third-order valence-corrected chi connectivity index (χ3v) is 6.97. The standard InChI is InChI=1S/C22H25NO2/c24-21(25-20-8-3-6-16-5-1-2-7-18(16)20)22(11-4-12-22)19-15-23-13-9-17(19)10-14-23/h1-3,5-8,17,19H,4,9-15H2. The second kappa shape index (κ2) is 5.84. The Bertz CT molecular complexity index is 797. The Morgan fingerprint density at radius 1 is 1.04 bits per heavy atom. The molecule has 0 amide bonds. The molecule has 0 N–H and O–H groups in total. The van der Waals surface area contributed by atoms with Gasteiger partial charge in [0.05, 0.1) is 5.41 Å². The maximum absolute atomic E-state index is 13.3. The fourth-order valence-electron chi connectivity index (χ4n) is 5.36. The number of hydrogen-bond donors (Lipinski definition) is 0. The van der Waals surface area contributed by atoms with Crippen LogP contribution in [0.15, 0.2) is 42.5 Å². The van der Waals surface area contributed by atoms with Crippen LogP contribution in [-0.4, -0.2) is 30.5 Å². The Hall–Kier alpha value is -1.87. The molecule has 4 fully saturated rings. The second-order valence-corrected chi connectivity index (χ2v) is 8.12. The van der Waals surface area contributed by atoms with Crippen molar-refractivity contribution in [3.05, 3.63) is 42.5 Å². The summed E-state index contributed by atoms with van der Waals surface area (Å²) in [6.07, 6.45) is 5.69. The van der Waals surface area contributed by atoms with Crippen LogP contribution < -0.4 is 4.74 Å². The molecule has 2 aromatic rings. The van der Waals surface area contributed by atoms with Gasteiger partial charge in [-0.15, -0.1) is 0 Å². The van der Waals surface area contributed by atoms with Crippen LogP contribution in [0.4, 0.5) is 0 Å². The monoisotopic (exact) mass is 335 g/mol. The topological polar surface area (TPSA) is 29.5 Å². The molecule has 2 aromatic carbocycles. The minimum Gasteiger partial charge on any atom is -0.425 e. The Morgan fingerprint density at radius 3 is 2.48 bits per heavy atom. The smallest absolute Gasteiger partial charge is 0.317 e. The van der Waals surface area contributed by atoms with Crippen LogP contribution in [0.25, 0.3) is 10.8 Å². The van der Waals surface area contributed by atoms with Gasteiger partial charge in [0, 0.05) is 11.9 Å². The molecule has 3 nitrogen and oxygen atoms in total. The molecule has 0 radical (unpaired) electrons. The van der Waals surface area contributed by atoms with Gasteiger partial charge in [0.15, 0.2) is 0 Å². The van der Waals surface area contributed by atoms with Crippen molar-refractivity contribution < 1.29 is 9.53 Å². The van der Waals surface area contributed by atoms with Crippen molar-refractivity contribution in [1.82, 2.24) is 4.90 Å². The van der Waals surface area contributed by atoms with Crippen molar-refractivity contribution in [3.8, 4) is 5.75 Å². The van der Waals surface area contributed by atoms with Crippen molar-refractivity contribution in [3.63, 3.8) is 0 Å². The Labute approximate surface area is 149 Å². The molecule has 4 aliphatic rings. The van der Waals surface area contributed by atoms with E-state index in [-0.39, 0.29) is 11.4 Å². The van der Waals surface area contributed by atoms with E-state index in [1.165, 1.54) is 25.9 Å². The van der Waals surface area contributed by atoms with Crippen LogP contribution in [-0.2, 0) is 4.79 Å². The lowest BCUT2D eigenvalue weighted by Crippen LogP contribution is -2.58. The first-order valence-electron chi connectivity index (χ1n) is 9.69. The van der Waals surface area contributed by atoms with Gasteiger partial charge in [-0.3, -0.25) is 4.79 Å². The van der Waals surface area contributed by atoms with Gasteiger partial charge in [-0.1, -0.05) is 42.8 Å². The summed E-state index contributed by atoms with van der Waals surface area (Å²) < 4.78 is 6.04. The average Bonchev–Trinajstić information content (AvgIpc) is 2.62. The molecule has 0 aromatic heterocycles. The highest BCUT2D eigenvalue weighted by molar-refractivity contribution is 5.91. The largest absolute Gasteiger partial charge is 0.425 e. The predicted octanol–water partition coefficient (Wildman–Crippen LogP) is 4.26. The van der Waals surface area contributed by atoms with E-state index in [0.717, 1.165) is 42.3 Å². The van der Waals surface area contributed by atoms with Crippen LogP contribution in [0.2, 0.25) is 0 Å². The van der Waals surface area contributed by atoms with Crippen molar-refractivity contribution >= 4 is 16.7 Å². The van der Waals surface area contributed by atoms with Gasteiger partial charge in [0.2, 0.25) is 0 Å². The number of carbonyl (C=O) groups is 1. The fourth-order valence-corrected chi connectivity index (χ4v) is 5.36. The van der Waals surface area contributed by atoms with Gasteiger partial charge in [-0.05, 0) is 62.1 Å². The van der Waals surface area contributed by atoms with Crippen LogP contribution in [0.3, 0.4) is 0 Å². The quantitative estimate of drug-likeness (QED) is 0.620. The summed E-state index contributed by atoms with van der Waals surface area (Å²) in [5, 5.41) is 2.15. The summed E-state index contributed by atoms with van der Waals surface area (Å²) in [4.78, 5) is 15.8. The van der Waals surface area contributed by atoms with Crippen molar-refractivity contribution in [2.75, 3.05) is 19.6 Å². The maximum Gasteiger partial charge on any atom is 0.317 e. The molecule has 3 heteroatoms. The molecule has 1 unspecified atom stereocenters. The van der Waals surface area contributed by atoms with Gasteiger partial charge in [0.25, 0.3) is 0 Å². The maximum atomic E-state index is 13.3. The Kier molecular flexibility index (Phi) is 3.60. The van der Waals surface area contributed by atoms with Crippen LogP contribution in [0.1, 0.15) is 32.1 Å². The summed E-state index contributed by atoms with van der Waals surface area (Å²) in [5.74, 6) is 1.95. The molecule has 130 valence electrons. The molecule has 25 heavy (non-hydrogen) atoms. The number of hydrogen-bond acceptors (Lipinski definition) is 3. The third-order valence-electron chi connectivity index (χ3n) is 6.97. The van der Waals surface area contributed by atoms with Gasteiger partial charge in [0.1, 0.15) is 5.75 Å². The van der Waals surface area contributed by atoms with Gasteiger partial charge in [-0.25, -0.2) is 0 Å². The molecule has 0 spiro atoms. The van der Waals surface area contributed by atoms with E-state index < -0.39 is 0 Å². The Morgan fingerprint density at radius 2 is 1.80 bits per heavy atom. The SMILES string of the molecule is O=C(Oc1cccc2ccccc12)C1(C2CN3CCC2CC3)CCC1. The molecule has 3 aliphatic heterocycles. The number of esters is 1. The molecule has 1 aliphatic carbocycles. The van der Waals surface area contributed by atoms with Crippen LogP contribution in [0.5, 0.6) is 5.75 Å². The minimum absolute atomic E-state index is 0.0221. The molecule has 3 heterocycles. The number of fused-ring (bicyclic) bond motifs is 4. The van der Waals surface area contributed by atoms with Gasteiger partial charge < -0.3 is 9.64 Å². The first-order valence-corrected chi connectivity index (χ1v) is 9.69. The number of rotatable bonds is 3. The first kappa shape index (κ1) is 15.4. The lowest BCUT2D eigenvalue weighted by molar-refractivity contribution is -0.165. The van der Waals surface area contributed by atoms with E-state index >= 15 is 0 Å². The molecule has 6 rings (SSSR count). The highest BCUT2D eigenvalue weighted by Gasteiger charge is 2.56. The average molecular weight is 335 g/mol. The summed E-state index contributed by atoms with van der Waals surface area (Å²) in [5.41, 5.74) is -0.235. The van der Waals surface area contributed by atoms with Crippen LogP contribution in [0, 0.1) is 17.3 Å². The van der Waals surface area contributed by atoms with E-state index in [9.17, 15) is 4.79 Å². The van der Waals surface area contributed by atoms with Crippen molar-refractivity contribution in [1.29, 1.82) is 0 Å². The zero-order valence-corrected chi connectivity index (χ0v) is 14.6. The number of carbonyl (C=O) groups excluding carboxylic acids is 1. The highest BCUT2D eigenvalue weighted by Crippen LogP contribution is 2.54. The van der Waals surface area contributed by atoms with Gasteiger partial charge in [-0.2, -0.15) is 0 Å². The summed E-state index contributed by atoms with van der Waals surface area (Å²) in [7, 11) is 0. The molecular weight excluding hydrogens is 310 g/mol. The number of benzene rings is 2. The lowest BCUT2D eigenvalue weighted by Gasteiger charge is -2.55. The van der Waals surface area contributed by atoms with Crippen molar-refractivity contribution in [2.24, 2.45) is 17.3 Å². The van der Waals surface area contributed by atoms with E-state index in [2.05, 4.69) is 17.0 Å². The first-order chi connectivity index (χ1) is 12.3. The summed E-state index contributed by atoms with van der Waals surface area (Å²) >= 11 is 0. The summed E-state index contributed by atoms with van der Waals surface area (Å²) in [6.45, 7) is 3.53. The molecule has 1 saturated carbocycles. The zero-order chi connectivity index (χ0) is 16.9. The number of nitrogens with zero attached hydrogens (tertiary/aromatic N) is 1. The van der Waals surface area contributed by atoms with Gasteiger partial charge >= 0.3 is 5.97 Å². The van der Waals surface area contributed by atoms with E-state index in [1.807, 2.05) is 30.3 Å². The fraction of sp³-hybridized carbons (Fsp3) is 0.500.